The number of hydrazine groups is 1. The first kappa shape index (κ1) is 12.7. The van der Waals surface area contributed by atoms with E-state index in [2.05, 4.69) is 6.92 Å². The Morgan fingerprint density at radius 1 is 1.25 bits per heavy atom. The van der Waals surface area contributed by atoms with Gasteiger partial charge in [0.2, 0.25) is 0 Å². The molecule has 88 valence electrons. The molecule has 2 N–H and O–H groups in total. The maximum atomic E-state index is 12.8. The molecule has 0 amide bonds. The fourth-order valence-corrected chi connectivity index (χ4v) is 1.61. The summed E-state index contributed by atoms with van der Waals surface area (Å²) in [5, 5.41) is 1.64. The summed E-state index contributed by atoms with van der Waals surface area (Å²) in [7, 11) is 0. The standard InChI is InChI=1S/C13H19FN2/c1-4-5-13(10(2)3)16(15)12-8-6-11(14)7-9-12/h6-9H,4-5,15H2,1-3H3. The normalized spacial score (nSPS) is 10.1. The first-order valence-electron chi connectivity index (χ1n) is 5.53. The molecule has 0 bridgehead atoms. The molecule has 0 spiro atoms. The molecule has 1 aromatic carbocycles. The van der Waals surface area contributed by atoms with Crippen LogP contribution in [-0.2, 0) is 0 Å². The Morgan fingerprint density at radius 3 is 2.25 bits per heavy atom. The van der Waals surface area contributed by atoms with E-state index in [1.165, 1.54) is 17.7 Å². The molecular weight excluding hydrogens is 203 g/mol. The largest absolute Gasteiger partial charge is 0.284 e. The van der Waals surface area contributed by atoms with Gasteiger partial charge in [0, 0.05) is 5.70 Å². The van der Waals surface area contributed by atoms with Crippen molar-refractivity contribution in [3.8, 4) is 0 Å². The molecule has 0 saturated heterocycles. The molecule has 0 fully saturated rings. The van der Waals surface area contributed by atoms with Crippen molar-refractivity contribution < 1.29 is 4.39 Å². The van der Waals surface area contributed by atoms with Crippen LogP contribution in [0.1, 0.15) is 33.6 Å². The minimum atomic E-state index is -0.244. The number of nitrogens with zero attached hydrogens (tertiary/aromatic N) is 1. The van der Waals surface area contributed by atoms with Crippen molar-refractivity contribution in [3.63, 3.8) is 0 Å². The van der Waals surface area contributed by atoms with Gasteiger partial charge in [-0.15, -0.1) is 0 Å². The van der Waals surface area contributed by atoms with Gasteiger partial charge in [0.1, 0.15) is 5.82 Å². The summed E-state index contributed by atoms with van der Waals surface area (Å²) < 4.78 is 12.8. The lowest BCUT2D eigenvalue weighted by molar-refractivity contribution is 0.627. The molecule has 0 aliphatic carbocycles. The molecule has 0 atom stereocenters. The summed E-state index contributed by atoms with van der Waals surface area (Å²) in [5.41, 5.74) is 3.09. The Morgan fingerprint density at radius 2 is 1.81 bits per heavy atom. The van der Waals surface area contributed by atoms with E-state index in [0.717, 1.165) is 24.2 Å². The Hall–Kier alpha value is -1.35. The highest BCUT2D eigenvalue weighted by Crippen LogP contribution is 2.21. The van der Waals surface area contributed by atoms with Gasteiger partial charge in [-0.05, 0) is 44.5 Å². The predicted octanol–water partition coefficient (Wildman–Crippen LogP) is 3.60. The van der Waals surface area contributed by atoms with Crippen molar-refractivity contribution >= 4 is 5.69 Å². The Labute approximate surface area is 96.5 Å². The topological polar surface area (TPSA) is 29.3 Å². The molecule has 1 aromatic rings. The predicted molar refractivity (Wildman–Crippen MR) is 66.3 cm³/mol. The van der Waals surface area contributed by atoms with Crippen molar-refractivity contribution in [1.82, 2.24) is 0 Å². The van der Waals surface area contributed by atoms with E-state index in [1.807, 2.05) is 13.8 Å². The van der Waals surface area contributed by atoms with Gasteiger partial charge in [0.15, 0.2) is 0 Å². The number of benzene rings is 1. The lowest BCUT2D eigenvalue weighted by Gasteiger charge is -2.23. The molecule has 0 radical (unpaired) electrons. The van der Waals surface area contributed by atoms with Crippen molar-refractivity contribution in [1.29, 1.82) is 0 Å². The smallest absolute Gasteiger partial charge is 0.123 e. The third-order valence-corrected chi connectivity index (χ3v) is 2.46. The fraction of sp³-hybridized carbons (Fsp3) is 0.385. The third kappa shape index (κ3) is 3.07. The molecule has 0 unspecified atom stereocenters. The maximum absolute atomic E-state index is 12.8. The highest BCUT2D eigenvalue weighted by molar-refractivity contribution is 5.50. The zero-order valence-corrected chi connectivity index (χ0v) is 10.1. The highest BCUT2D eigenvalue weighted by Gasteiger charge is 2.08. The number of hydrogen-bond acceptors (Lipinski definition) is 2. The molecule has 0 saturated carbocycles. The summed E-state index contributed by atoms with van der Waals surface area (Å²) in [6.07, 6.45) is 1.96. The minimum absolute atomic E-state index is 0.244. The second kappa shape index (κ2) is 5.66. The molecule has 2 nitrogen and oxygen atoms in total. The molecule has 0 aliphatic heterocycles. The molecule has 3 heteroatoms. The lowest BCUT2D eigenvalue weighted by Crippen LogP contribution is -2.30. The molecule has 0 aliphatic rings. The van der Waals surface area contributed by atoms with Crippen LogP contribution in [0.5, 0.6) is 0 Å². The number of hydrogen-bond donors (Lipinski definition) is 1. The number of nitrogens with two attached hydrogens (primary N) is 1. The summed E-state index contributed by atoms with van der Waals surface area (Å²) >= 11 is 0. The Kier molecular flexibility index (Phi) is 4.50. The van der Waals surface area contributed by atoms with Crippen LogP contribution in [0.25, 0.3) is 0 Å². The molecule has 16 heavy (non-hydrogen) atoms. The van der Waals surface area contributed by atoms with Crippen LogP contribution < -0.4 is 10.9 Å². The van der Waals surface area contributed by atoms with Crippen LogP contribution in [0.3, 0.4) is 0 Å². The number of rotatable bonds is 4. The quantitative estimate of drug-likeness (QED) is 0.623. The fourth-order valence-electron chi connectivity index (χ4n) is 1.61. The molecule has 0 heterocycles. The van der Waals surface area contributed by atoms with Gasteiger partial charge < -0.3 is 0 Å². The van der Waals surface area contributed by atoms with Crippen LogP contribution in [0.15, 0.2) is 35.5 Å². The van der Waals surface area contributed by atoms with E-state index in [4.69, 9.17) is 5.84 Å². The lowest BCUT2D eigenvalue weighted by atomic mass is 10.1. The number of halogens is 1. The maximum Gasteiger partial charge on any atom is 0.123 e. The van der Waals surface area contributed by atoms with Gasteiger partial charge >= 0.3 is 0 Å². The van der Waals surface area contributed by atoms with E-state index < -0.39 is 0 Å². The zero-order chi connectivity index (χ0) is 12.1. The summed E-state index contributed by atoms with van der Waals surface area (Å²) in [6.45, 7) is 6.18. The first-order chi connectivity index (χ1) is 7.56. The minimum Gasteiger partial charge on any atom is -0.284 e. The average molecular weight is 222 g/mol. The molecule has 0 aromatic heterocycles. The van der Waals surface area contributed by atoms with E-state index in [-0.39, 0.29) is 5.82 Å². The SMILES string of the molecule is CCCC(=C(C)C)N(N)c1ccc(F)cc1. The van der Waals surface area contributed by atoms with Gasteiger partial charge in [-0.1, -0.05) is 18.9 Å². The Bertz CT molecular complexity index is 364. The van der Waals surface area contributed by atoms with Gasteiger partial charge in [0.05, 0.1) is 5.69 Å². The second-order valence-electron chi connectivity index (χ2n) is 4.04. The highest BCUT2D eigenvalue weighted by atomic mass is 19.1. The van der Waals surface area contributed by atoms with Gasteiger partial charge in [0.25, 0.3) is 0 Å². The summed E-state index contributed by atoms with van der Waals surface area (Å²) in [5.74, 6) is 5.79. The number of allylic oxidation sites excluding steroid dienone is 2. The zero-order valence-electron chi connectivity index (χ0n) is 10.1. The summed E-state index contributed by atoms with van der Waals surface area (Å²) in [6, 6.07) is 6.22. The molecule has 1 rings (SSSR count). The van der Waals surface area contributed by atoms with E-state index in [1.54, 1.807) is 17.1 Å². The monoisotopic (exact) mass is 222 g/mol. The van der Waals surface area contributed by atoms with Gasteiger partial charge in [-0.25, -0.2) is 10.2 Å². The van der Waals surface area contributed by atoms with Crippen molar-refractivity contribution in [2.24, 2.45) is 5.84 Å². The van der Waals surface area contributed by atoms with Crippen LogP contribution in [0.4, 0.5) is 10.1 Å². The number of anilines is 1. The van der Waals surface area contributed by atoms with Crippen molar-refractivity contribution in [3.05, 3.63) is 41.4 Å². The van der Waals surface area contributed by atoms with Gasteiger partial charge in [-0.3, -0.25) is 5.01 Å². The van der Waals surface area contributed by atoms with Crippen LogP contribution in [0, 0.1) is 5.82 Å². The average Bonchev–Trinajstić information content (AvgIpc) is 2.25. The second-order valence-corrected chi connectivity index (χ2v) is 4.04. The van der Waals surface area contributed by atoms with E-state index >= 15 is 0 Å². The van der Waals surface area contributed by atoms with Crippen molar-refractivity contribution in [2.45, 2.75) is 33.6 Å². The summed E-state index contributed by atoms with van der Waals surface area (Å²) in [4.78, 5) is 0. The van der Waals surface area contributed by atoms with Crippen LogP contribution in [-0.4, -0.2) is 0 Å². The van der Waals surface area contributed by atoms with Crippen LogP contribution in [0.2, 0.25) is 0 Å². The van der Waals surface area contributed by atoms with Crippen molar-refractivity contribution in [2.75, 3.05) is 5.01 Å². The van der Waals surface area contributed by atoms with E-state index in [0.29, 0.717) is 0 Å². The van der Waals surface area contributed by atoms with Crippen LogP contribution >= 0.6 is 0 Å². The Balaban J connectivity index is 2.95. The van der Waals surface area contributed by atoms with Gasteiger partial charge in [-0.2, -0.15) is 0 Å². The first-order valence-corrected chi connectivity index (χ1v) is 5.53. The third-order valence-electron chi connectivity index (χ3n) is 2.46. The van der Waals surface area contributed by atoms with E-state index in [9.17, 15) is 4.39 Å². The molecular formula is C13H19FN2.